The third-order valence-corrected chi connectivity index (χ3v) is 4.53. The number of rotatable bonds is 4. The second kappa shape index (κ2) is 6.40. The van der Waals surface area contributed by atoms with Crippen LogP contribution >= 0.6 is 0 Å². The van der Waals surface area contributed by atoms with Crippen LogP contribution in [0.2, 0.25) is 0 Å². The predicted molar refractivity (Wildman–Crippen MR) is 83.8 cm³/mol. The van der Waals surface area contributed by atoms with Crippen LogP contribution < -0.4 is 10.6 Å². The van der Waals surface area contributed by atoms with Crippen LogP contribution in [-0.4, -0.2) is 19.5 Å². The Bertz CT molecular complexity index is 470. The molecule has 1 aliphatic carbocycles. The van der Waals surface area contributed by atoms with Gasteiger partial charge in [0.25, 0.3) is 0 Å². The molecule has 0 spiro atoms. The molecule has 1 aromatic carbocycles. The lowest BCUT2D eigenvalue weighted by atomic mass is 9.94. The number of benzene rings is 1. The van der Waals surface area contributed by atoms with E-state index < -0.39 is 0 Å². The Morgan fingerprint density at radius 2 is 2.15 bits per heavy atom. The Morgan fingerprint density at radius 3 is 2.80 bits per heavy atom. The van der Waals surface area contributed by atoms with E-state index in [4.69, 9.17) is 5.73 Å². The van der Waals surface area contributed by atoms with E-state index in [9.17, 15) is 4.79 Å². The lowest BCUT2D eigenvalue weighted by Crippen LogP contribution is -2.36. The molecule has 3 nitrogen and oxygen atoms in total. The van der Waals surface area contributed by atoms with Crippen molar-refractivity contribution in [2.75, 3.05) is 18.5 Å². The van der Waals surface area contributed by atoms with Gasteiger partial charge in [-0.3, -0.25) is 4.79 Å². The number of nitrogens with zero attached hydrogens (tertiary/aromatic N) is 1. The highest BCUT2D eigenvalue weighted by molar-refractivity contribution is 5.95. The van der Waals surface area contributed by atoms with Gasteiger partial charge in [-0.15, -0.1) is 0 Å². The SMILES string of the molecule is CC(C)c1cccc(N(C)C(=O)[C@@H]2CCC[C@@H]2CN)c1. The second-order valence-electron chi connectivity index (χ2n) is 6.18. The molecule has 0 radical (unpaired) electrons. The third-order valence-electron chi connectivity index (χ3n) is 4.53. The van der Waals surface area contributed by atoms with Gasteiger partial charge in [-0.2, -0.15) is 0 Å². The van der Waals surface area contributed by atoms with Crippen molar-refractivity contribution in [1.29, 1.82) is 0 Å². The van der Waals surface area contributed by atoms with Crippen molar-refractivity contribution in [1.82, 2.24) is 0 Å². The van der Waals surface area contributed by atoms with E-state index in [-0.39, 0.29) is 11.8 Å². The van der Waals surface area contributed by atoms with Crippen molar-refractivity contribution in [3.63, 3.8) is 0 Å². The van der Waals surface area contributed by atoms with E-state index in [1.165, 1.54) is 5.56 Å². The molecule has 0 saturated heterocycles. The molecule has 20 heavy (non-hydrogen) atoms. The van der Waals surface area contributed by atoms with Gasteiger partial charge in [-0.05, 0) is 48.9 Å². The minimum Gasteiger partial charge on any atom is -0.330 e. The molecular weight excluding hydrogens is 248 g/mol. The smallest absolute Gasteiger partial charge is 0.230 e. The average molecular weight is 274 g/mol. The summed E-state index contributed by atoms with van der Waals surface area (Å²) in [6.45, 7) is 4.96. The summed E-state index contributed by atoms with van der Waals surface area (Å²) in [5, 5.41) is 0. The zero-order valence-corrected chi connectivity index (χ0v) is 12.8. The van der Waals surface area contributed by atoms with Gasteiger partial charge in [0.1, 0.15) is 0 Å². The molecule has 1 aromatic rings. The van der Waals surface area contributed by atoms with Crippen LogP contribution in [0.5, 0.6) is 0 Å². The fourth-order valence-electron chi connectivity index (χ4n) is 3.11. The highest BCUT2D eigenvalue weighted by Crippen LogP contribution is 2.33. The van der Waals surface area contributed by atoms with Gasteiger partial charge in [0.15, 0.2) is 0 Å². The fourth-order valence-corrected chi connectivity index (χ4v) is 3.11. The summed E-state index contributed by atoms with van der Waals surface area (Å²) < 4.78 is 0. The maximum absolute atomic E-state index is 12.7. The number of carbonyl (C=O) groups excluding carboxylic acids is 1. The lowest BCUT2D eigenvalue weighted by Gasteiger charge is -2.25. The van der Waals surface area contributed by atoms with E-state index in [0.717, 1.165) is 24.9 Å². The Hall–Kier alpha value is -1.35. The largest absolute Gasteiger partial charge is 0.330 e. The summed E-state index contributed by atoms with van der Waals surface area (Å²) in [6, 6.07) is 8.28. The van der Waals surface area contributed by atoms with E-state index in [1.807, 2.05) is 24.1 Å². The minimum atomic E-state index is 0.104. The average Bonchev–Trinajstić information content (AvgIpc) is 2.94. The number of hydrogen-bond donors (Lipinski definition) is 1. The molecule has 0 heterocycles. The summed E-state index contributed by atoms with van der Waals surface area (Å²) in [4.78, 5) is 14.5. The predicted octanol–water partition coefficient (Wildman–Crippen LogP) is 3.15. The van der Waals surface area contributed by atoms with Crippen LogP contribution in [0.3, 0.4) is 0 Å². The maximum atomic E-state index is 12.7. The monoisotopic (exact) mass is 274 g/mol. The zero-order chi connectivity index (χ0) is 14.7. The number of carbonyl (C=O) groups is 1. The minimum absolute atomic E-state index is 0.104. The van der Waals surface area contributed by atoms with E-state index in [0.29, 0.717) is 18.4 Å². The molecule has 0 bridgehead atoms. The highest BCUT2D eigenvalue weighted by atomic mass is 16.2. The van der Waals surface area contributed by atoms with Crippen LogP contribution in [0.1, 0.15) is 44.6 Å². The molecule has 1 amide bonds. The summed E-state index contributed by atoms with van der Waals surface area (Å²) in [7, 11) is 1.88. The van der Waals surface area contributed by atoms with Crippen LogP contribution in [-0.2, 0) is 4.79 Å². The Kier molecular flexibility index (Phi) is 4.81. The number of amides is 1. The van der Waals surface area contributed by atoms with Crippen LogP contribution in [0.25, 0.3) is 0 Å². The van der Waals surface area contributed by atoms with Crippen molar-refractivity contribution < 1.29 is 4.79 Å². The zero-order valence-electron chi connectivity index (χ0n) is 12.8. The summed E-state index contributed by atoms with van der Waals surface area (Å²) in [6.07, 6.45) is 3.19. The Balaban J connectivity index is 2.16. The van der Waals surface area contributed by atoms with Crippen LogP contribution in [0.15, 0.2) is 24.3 Å². The number of nitrogens with two attached hydrogens (primary N) is 1. The van der Waals surface area contributed by atoms with Gasteiger partial charge >= 0.3 is 0 Å². The highest BCUT2D eigenvalue weighted by Gasteiger charge is 2.34. The summed E-state index contributed by atoms with van der Waals surface area (Å²) in [5.41, 5.74) is 8.05. The van der Waals surface area contributed by atoms with Crippen molar-refractivity contribution in [3.05, 3.63) is 29.8 Å². The van der Waals surface area contributed by atoms with Gasteiger partial charge < -0.3 is 10.6 Å². The topological polar surface area (TPSA) is 46.3 Å². The lowest BCUT2D eigenvalue weighted by molar-refractivity contribution is -0.123. The van der Waals surface area contributed by atoms with Crippen molar-refractivity contribution in [3.8, 4) is 0 Å². The molecule has 1 fully saturated rings. The van der Waals surface area contributed by atoms with Crippen LogP contribution in [0.4, 0.5) is 5.69 Å². The fraction of sp³-hybridized carbons (Fsp3) is 0.588. The summed E-state index contributed by atoms with van der Waals surface area (Å²) in [5.74, 6) is 1.16. The Morgan fingerprint density at radius 1 is 1.40 bits per heavy atom. The van der Waals surface area contributed by atoms with Gasteiger partial charge in [0.2, 0.25) is 5.91 Å². The van der Waals surface area contributed by atoms with Gasteiger partial charge in [0.05, 0.1) is 0 Å². The van der Waals surface area contributed by atoms with Gasteiger partial charge in [-0.25, -0.2) is 0 Å². The second-order valence-corrected chi connectivity index (χ2v) is 6.18. The van der Waals surface area contributed by atoms with Crippen LogP contribution in [0, 0.1) is 11.8 Å². The molecule has 0 aromatic heterocycles. The first-order chi connectivity index (χ1) is 9.54. The van der Waals surface area contributed by atoms with E-state index >= 15 is 0 Å². The molecule has 3 heteroatoms. The molecule has 1 saturated carbocycles. The molecule has 2 N–H and O–H groups in total. The molecule has 110 valence electrons. The quantitative estimate of drug-likeness (QED) is 0.916. The first kappa shape index (κ1) is 15.0. The molecule has 2 rings (SSSR count). The first-order valence-electron chi connectivity index (χ1n) is 7.62. The van der Waals surface area contributed by atoms with E-state index in [1.54, 1.807) is 0 Å². The Labute approximate surface area is 122 Å². The number of anilines is 1. The number of hydrogen-bond acceptors (Lipinski definition) is 2. The molecule has 0 aliphatic heterocycles. The van der Waals surface area contributed by atoms with Crippen molar-refractivity contribution >= 4 is 11.6 Å². The molecule has 1 aliphatic rings. The molecular formula is C17H26N2O. The van der Waals surface area contributed by atoms with E-state index in [2.05, 4.69) is 26.0 Å². The summed E-state index contributed by atoms with van der Waals surface area (Å²) >= 11 is 0. The van der Waals surface area contributed by atoms with Gasteiger partial charge in [0, 0.05) is 18.7 Å². The standard InChI is InChI=1S/C17H26N2O/c1-12(2)13-6-4-8-15(10-13)19(3)17(20)16-9-5-7-14(16)11-18/h4,6,8,10,12,14,16H,5,7,9,11,18H2,1-3H3/t14-,16-/m1/s1. The van der Waals surface area contributed by atoms with Crippen molar-refractivity contribution in [2.24, 2.45) is 17.6 Å². The van der Waals surface area contributed by atoms with Gasteiger partial charge in [-0.1, -0.05) is 32.4 Å². The third kappa shape index (κ3) is 3.04. The first-order valence-corrected chi connectivity index (χ1v) is 7.62. The normalized spacial score (nSPS) is 22.2. The van der Waals surface area contributed by atoms with Crippen molar-refractivity contribution in [2.45, 2.75) is 39.0 Å². The molecule has 2 atom stereocenters. The maximum Gasteiger partial charge on any atom is 0.230 e. The molecule has 0 unspecified atom stereocenters.